The Balaban J connectivity index is 1.79. The van der Waals surface area contributed by atoms with Crippen molar-refractivity contribution in [2.45, 2.75) is 24.7 Å². The summed E-state index contributed by atoms with van der Waals surface area (Å²) in [4.78, 5) is 26.3. The smallest absolute Gasteiger partial charge is 0.324 e. The average Bonchev–Trinajstić information content (AvgIpc) is 3.11. The second kappa shape index (κ2) is 4.51. The van der Waals surface area contributed by atoms with Gasteiger partial charge in [-0.1, -0.05) is 12.1 Å². The molecule has 20 heavy (non-hydrogen) atoms. The normalized spacial score (nSPS) is 20.4. The highest BCUT2D eigenvalue weighted by Crippen LogP contribution is 2.51. The molecule has 0 radical (unpaired) electrons. The van der Waals surface area contributed by atoms with Gasteiger partial charge in [-0.25, -0.2) is 4.79 Å². The maximum absolute atomic E-state index is 11.9. The van der Waals surface area contributed by atoms with Crippen LogP contribution in [-0.4, -0.2) is 42.1 Å². The Bertz CT molecular complexity index is 549. The lowest BCUT2D eigenvalue weighted by atomic mass is 9.92. The van der Waals surface area contributed by atoms with Gasteiger partial charge in [0.05, 0.1) is 6.42 Å². The number of nitrogens with zero attached hydrogens (tertiary/aromatic N) is 2. The van der Waals surface area contributed by atoms with Crippen molar-refractivity contribution >= 4 is 17.7 Å². The summed E-state index contributed by atoms with van der Waals surface area (Å²) >= 11 is 0. The molecule has 0 unspecified atom stereocenters. The molecule has 1 aliphatic carbocycles. The summed E-state index contributed by atoms with van der Waals surface area (Å²) < 4.78 is 0. The van der Waals surface area contributed by atoms with E-state index in [1.807, 2.05) is 24.3 Å². The van der Waals surface area contributed by atoms with Crippen molar-refractivity contribution in [2.24, 2.45) is 0 Å². The van der Waals surface area contributed by atoms with Crippen molar-refractivity contribution in [1.29, 1.82) is 0 Å². The van der Waals surface area contributed by atoms with Crippen LogP contribution in [0.3, 0.4) is 0 Å². The third-order valence-electron chi connectivity index (χ3n) is 4.35. The molecule has 106 valence electrons. The minimum absolute atomic E-state index is 0.0180. The van der Waals surface area contributed by atoms with Gasteiger partial charge in [-0.2, -0.15) is 0 Å². The first-order valence-electron chi connectivity index (χ1n) is 6.87. The standard InChI is InChI=1S/C15H18N2O3/c1-16-8-9-17(14(16)20)12-4-2-11(3-5-12)15(6-7-15)10-13(18)19/h2-5H,6-10H2,1H3,(H,18,19). The molecule has 1 heterocycles. The molecule has 0 atom stereocenters. The Kier molecular flexibility index (Phi) is 2.92. The van der Waals surface area contributed by atoms with E-state index in [0.717, 1.165) is 30.6 Å². The number of benzene rings is 1. The largest absolute Gasteiger partial charge is 0.481 e. The Morgan fingerprint density at radius 3 is 2.35 bits per heavy atom. The van der Waals surface area contributed by atoms with E-state index in [0.29, 0.717) is 6.54 Å². The predicted octanol–water partition coefficient (Wildman–Crippen LogP) is 2.06. The fourth-order valence-electron chi connectivity index (χ4n) is 2.89. The molecular formula is C15H18N2O3. The molecular weight excluding hydrogens is 256 g/mol. The van der Waals surface area contributed by atoms with Gasteiger partial charge in [0.15, 0.2) is 0 Å². The van der Waals surface area contributed by atoms with Crippen LogP contribution in [0.1, 0.15) is 24.8 Å². The van der Waals surface area contributed by atoms with Crippen molar-refractivity contribution in [3.05, 3.63) is 29.8 Å². The number of rotatable bonds is 4. The zero-order valence-corrected chi connectivity index (χ0v) is 11.5. The van der Waals surface area contributed by atoms with Crippen LogP contribution in [0.4, 0.5) is 10.5 Å². The Labute approximate surface area is 117 Å². The number of carbonyl (C=O) groups is 2. The second-order valence-electron chi connectivity index (χ2n) is 5.75. The number of carbonyl (C=O) groups excluding carboxylic acids is 1. The minimum Gasteiger partial charge on any atom is -0.481 e. The Hall–Kier alpha value is -2.04. The number of aliphatic carboxylic acids is 1. The SMILES string of the molecule is CN1CCN(c2ccc(C3(CC(=O)O)CC3)cc2)C1=O. The average molecular weight is 274 g/mol. The van der Waals surface area contributed by atoms with Gasteiger partial charge in [-0.3, -0.25) is 9.69 Å². The third kappa shape index (κ3) is 2.13. The van der Waals surface area contributed by atoms with Crippen LogP contribution in [0.5, 0.6) is 0 Å². The van der Waals surface area contributed by atoms with Crippen LogP contribution in [0.25, 0.3) is 0 Å². The molecule has 2 amide bonds. The number of urea groups is 1. The highest BCUT2D eigenvalue weighted by molar-refractivity contribution is 5.93. The highest BCUT2D eigenvalue weighted by atomic mass is 16.4. The van der Waals surface area contributed by atoms with Crippen LogP contribution < -0.4 is 4.90 Å². The maximum atomic E-state index is 11.9. The van der Waals surface area contributed by atoms with Gasteiger partial charge >= 0.3 is 12.0 Å². The first kappa shape index (κ1) is 13.0. The van der Waals surface area contributed by atoms with Crippen LogP contribution in [0.15, 0.2) is 24.3 Å². The molecule has 0 spiro atoms. The zero-order valence-electron chi connectivity index (χ0n) is 11.5. The molecule has 1 aliphatic heterocycles. The number of likely N-dealkylation sites (N-methyl/N-ethyl adjacent to an activating group) is 1. The molecule has 3 rings (SSSR count). The van der Waals surface area contributed by atoms with E-state index in [9.17, 15) is 9.59 Å². The van der Waals surface area contributed by atoms with Crippen molar-refractivity contribution in [2.75, 3.05) is 25.0 Å². The molecule has 0 bridgehead atoms. The molecule has 2 aliphatic rings. The summed E-state index contributed by atoms with van der Waals surface area (Å²) in [5.41, 5.74) is 1.79. The quantitative estimate of drug-likeness (QED) is 0.914. The lowest BCUT2D eigenvalue weighted by molar-refractivity contribution is -0.137. The molecule has 1 N–H and O–H groups in total. The molecule has 1 aromatic carbocycles. The summed E-state index contributed by atoms with van der Waals surface area (Å²) in [6, 6.07) is 7.81. The van der Waals surface area contributed by atoms with Crippen LogP contribution in [-0.2, 0) is 10.2 Å². The number of anilines is 1. The van der Waals surface area contributed by atoms with E-state index in [2.05, 4.69) is 0 Å². The first-order valence-corrected chi connectivity index (χ1v) is 6.87. The van der Waals surface area contributed by atoms with Gasteiger partial charge in [0.25, 0.3) is 0 Å². The van der Waals surface area contributed by atoms with Crippen molar-refractivity contribution in [1.82, 2.24) is 4.90 Å². The van der Waals surface area contributed by atoms with Gasteiger partial charge in [-0.05, 0) is 30.5 Å². The molecule has 5 nitrogen and oxygen atoms in total. The van der Waals surface area contributed by atoms with E-state index in [1.165, 1.54) is 0 Å². The van der Waals surface area contributed by atoms with Crippen molar-refractivity contribution in [3.63, 3.8) is 0 Å². The molecule has 0 aromatic heterocycles. The summed E-state index contributed by atoms with van der Waals surface area (Å²) in [5.74, 6) is -0.747. The van der Waals surface area contributed by atoms with E-state index in [-0.39, 0.29) is 17.9 Å². The van der Waals surface area contributed by atoms with Gasteiger partial charge in [0, 0.05) is 31.2 Å². The van der Waals surface area contributed by atoms with Crippen LogP contribution >= 0.6 is 0 Å². The topological polar surface area (TPSA) is 60.9 Å². The van der Waals surface area contributed by atoms with Gasteiger partial charge in [0.2, 0.25) is 0 Å². The summed E-state index contributed by atoms with van der Waals surface area (Å²) in [6.45, 7) is 1.44. The lowest BCUT2D eigenvalue weighted by Crippen LogP contribution is -2.29. The number of carboxylic acids is 1. The van der Waals surface area contributed by atoms with Crippen LogP contribution in [0.2, 0.25) is 0 Å². The Morgan fingerprint density at radius 1 is 1.25 bits per heavy atom. The van der Waals surface area contributed by atoms with Crippen LogP contribution in [0, 0.1) is 0 Å². The van der Waals surface area contributed by atoms with Gasteiger partial charge < -0.3 is 10.0 Å². The first-order chi connectivity index (χ1) is 9.52. The van der Waals surface area contributed by atoms with E-state index in [4.69, 9.17) is 5.11 Å². The molecule has 1 aromatic rings. The molecule has 1 saturated carbocycles. The fourth-order valence-corrected chi connectivity index (χ4v) is 2.89. The number of hydrogen-bond acceptors (Lipinski definition) is 2. The van der Waals surface area contributed by atoms with Crippen molar-refractivity contribution in [3.8, 4) is 0 Å². The second-order valence-corrected chi connectivity index (χ2v) is 5.75. The van der Waals surface area contributed by atoms with Crippen molar-refractivity contribution < 1.29 is 14.7 Å². The van der Waals surface area contributed by atoms with Gasteiger partial charge in [0.1, 0.15) is 0 Å². The highest BCUT2D eigenvalue weighted by Gasteiger charge is 2.45. The summed E-state index contributed by atoms with van der Waals surface area (Å²) in [7, 11) is 1.79. The number of amides is 2. The summed E-state index contributed by atoms with van der Waals surface area (Å²) in [6.07, 6.45) is 2.06. The fraction of sp³-hybridized carbons (Fsp3) is 0.467. The molecule has 5 heteroatoms. The van der Waals surface area contributed by atoms with Gasteiger partial charge in [-0.15, -0.1) is 0 Å². The molecule has 2 fully saturated rings. The van der Waals surface area contributed by atoms with E-state index >= 15 is 0 Å². The van der Waals surface area contributed by atoms with E-state index < -0.39 is 5.97 Å². The zero-order chi connectivity index (χ0) is 14.3. The molecule has 1 saturated heterocycles. The lowest BCUT2D eigenvalue weighted by Gasteiger charge is -2.18. The monoisotopic (exact) mass is 274 g/mol. The number of carboxylic acid groups (broad SMARTS) is 1. The summed E-state index contributed by atoms with van der Waals surface area (Å²) in [5, 5.41) is 8.98. The minimum atomic E-state index is -0.747. The maximum Gasteiger partial charge on any atom is 0.324 e. The third-order valence-corrected chi connectivity index (χ3v) is 4.35. The number of hydrogen-bond donors (Lipinski definition) is 1. The predicted molar refractivity (Wildman–Crippen MR) is 75.0 cm³/mol. The van der Waals surface area contributed by atoms with E-state index in [1.54, 1.807) is 16.8 Å². The Morgan fingerprint density at radius 2 is 1.90 bits per heavy atom.